The Bertz CT molecular complexity index is 611. The highest BCUT2D eigenvalue weighted by atomic mass is 16.6. The number of ether oxygens (including phenoxy) is 2. The molecule has 0 fully saturated rings. The van der Waals surface area contributed by atoms with E-state index in [1.54, 1.807) is 63.4 Å². The van der Waals surface area contributed by atoms with Crippen molar-refractivity contribution in [3.8, 4) is 5.75 Å². The van der Waals surface area contributed by atoms with Crippen molar-refractivity contribution in [2.75, 3.05) is 6.54 Å². The van der Waals surface area contributed by atoms with Gasteiger partial charge >= 0.3 is 12.1 Å². The van der Waals surface area contributed by atoms with Crippen molar-refractivity contribution in [3.63, 3.8) is 0 Å². The summed E-state index contributed by atoms with van der Waals surface area (Å²) in [5.74, 6) is 0.0173. The number of esters is 1. The molecule has 0 atom stereocenters. The molecule has 0 saturated carbocycles. The van der Waals surface area contributed by atoms with Crippen LogP contribution in [-0.2, 0) is 9.53 Å². The molecular weight excluding hydrogens is 282 g/mol. The summed E-state index contributed by atoms with van der Waals surface area (Å²) >= 11 is 0. The highest BCUT2D eigenvalue weighted by Crippen LogP contribution is 2.17. The van der Waals surface area contributed by atoms with Gasteiger partial charge in [-0.3, -0.25) is 4.90 Å². The third-order valence-corrected chi connectivity index (χ3v) is 2.75. The van der Waals surface area contributed by atoms with Crippen LogP contribution in [0.1, 0.15) is 20.8 Å². The summed E-state index contributed by atoms with van der Waals surface area (Å²) in [7, 11) is 0. The zero-order valence-electron chi connectivity index (χ0n) is 12.9. The molecule has 0 unspecified atom stereocenters. The first-order valence-corrected chi connectivity index (χ1v) is 6.99. The predicted molar refractivity (Wildman–Crippen MR) is 82.2 cm³/mol. The largest absolute Gasteiger partial charge is 0.457 e. The van der Waals surface area contributed by atoms with Gasteiger partial charge in [-0.05, 0) is 45.1 Å². The van der Waals surface area contributed by atoms with E-state index in [4.69, 9.17) is 9.47 Å². The summed E-state index contributed by atoms with van der Waals surface area (Å²) in [6.45, 7) is 5.51. The molecule has 1 heterocycles. The van der Waals surface area contributed by atoms with Crippen molar-refractivity contribution in [1.29, 1.82) is 0 Å². The topological polar surface area (TPSA) is 55.8 Å². The Balaban J connectivity index is 1.98. The van der Waals surface area contributed by atoms with Gasteiger partial charge in [-0.25, -0.2) is 9.59 Å². The van der Waals surface area contributed by atoms with E-state index in [1.807, 2.05) is 6.07 Å². The second-order valence-electron chi connectivity index (χ2n) is 5.84. The molecule has 0 bridgehead atoms. The summed E-state index contributed by atoms with van der Waals surface area (Å²) in [5, 5.41) is 0. The first-order chi connectivity index (χ1) is 10.3. The van der Waals surface area contributed by atoms with E-state index in [-0.39, 0.29) is 6.54 Å². The number of carbonyl (C=O) groups is 2. The second-order valence-corrected chi connectivity index (χ2v) is 5.84. The lowest BCUT2D eigenvalue weighted by atomic mass is 10.1. The van der Waals surface area contributed by atoms with Crippen molar-refractivity contribution in [1.82, 2.24) is 4.90 Å². The van der Waals surface area contributed by atoms with E-state index in [2.05, 4.69) is 0 Å². The quantitative estimate of drug-likeness (QED) is 0.787. The Kier molecular flexibility index (Phi) is 4.65. The van der Waals surface area contributed by atoms with Crippen LogP contribution in [0.5, 0.6) is 5.75 Å². The molecule has 0 aliphatic carbocycles. The molecule has 2 rings (SSSR count). The normalized spacial score (nSPS) is 14.3. The zero-order valence-corrected chi connectivity index (χ0v) is 12.9. The third kappa shape index (κ3) is 4.48. The highest BCUT2D eigenvalue weighted by Gasteiger charge is 2.24. The standard InChI is InChI=1S/C17H19NO4/c1-17(2,3)22-15(19)13-8-7-11-18(12-13)16(20)21-14-9-5-4-6-10-14/h4-11H,12H2,1-3H3. The number of rotatable bonds is 2. The van der Waals surface area contributed by atoms with Gasteiger partial charge in [-0.15, -0.1) is 0 Å². The minimum absolute atomic E-state index is 0.122. The molecule has 0 N–H and O–H groups in total. The van der Waals surface area contributed by atoms with Gasteiger partial charge in [0.2, 0.25) is 0 Å². The van der Waals surface area contributed by atoms with Crippen LogP contribution in [0.15, 0.2) is 54.3 Å². The second kappa shape index (κ2) is 6.47. The number of amides is 1. The van der Waals surface area contributed by atoms with Crippen molar-refractivity contribution in [2.45, 2.75) is 26.4 Å². The smallest absolute Gasteiger partial charge is 0.419 e. The fourth-order valence-electron chi connectivity index (χ4n) is 1.80. The molecule has 0 aromatic heterocycles. The minimum Gasteiger partial charge on any atom is -0.457 e. The Hall–Kier alpha value is -2.56. The highest BCUT2D eigenvalue weighted by molar-refractivity contribution is 5.91. The van der Waals surface area contributed by atoms with Gasteiger partial charge in [-0.1, -0.05) is 18.2 Å². The maximum absolute atomic E-state index is 12.1. The summed E-state index contributed by atoms with van der Waals surface area (Å²) in [6.07, 6.45) is 4.28. The number of hydrogen-bond acceptors (Lipinski definition) is 4. The fraction of sp³-hybridized carbons (Fsp3) is 0.294. The minimum atomic E-state index is -0.575. The lowest BCUT2D eigenvalue weighted by Gasteiger charge is -2.24. The van der Waals surface area contributed by atoms with Crippen LogP contribution in [0.2, 0.25) is 0 Å². The fourth-order valence-corrected chi connectivity index (χ4v) is 1.80. The van der Waals surface area contributed by atoms with Crippen LogP contribution < -0.4 is 4.74 Å². The number of hydrogen-bond donors (Lipinski definition) is 0. The molecule has 5 heteroatoms. The van der Waals surface area contributed by atoms with Gasteiger partial charge in [0.1, 0.15) is 11.4 Å². The van der Waals surface area contributed by atoms with E-state index in [0.29, 0.717) is 11.3 Å². The Labute approximate surface area is 129 Å². The lowest BCUT2D eigenvalue weighted by Crippen LogP contribution is -2.35. The van der Waals surface area contributed by atoms with Gasteiger partial charge in [-0.2, -0.15) is 0 Å². The average Bonchev–Trinajstić information content (AvgIpc) is 2.46. The first kappa shape index (κ1) is 15.8. The predicted octanol–water partition coefficient (Wildman–Crippen LogP) is 3.28. The molecule has 1 aliphatic rings. The molecular formula is C17H19NO4. The number of para-hydroxylation sites is 1. The molecule has 0 saturated heterocycles. The van der Waals surface area contributed by atoms with Crippen LogP contribution in [0.4, 0.5) is 4.79 Å². The summed E-state index contributed by atoms with van der Waals surface area (Å²) in [4.78, 5) is 25.5. The lowest BCUT2D eigenvalue weighted by molar-refractivity contribution is -0.150. The number of carbonyl (C=O) groups excluding carboxylic acids is 2. The summed E-state index contributed by atoms with van der Waals surface area (Å²) in [6, 6.07) is 8.77. The molecule has 5 nitrogen and oxygen atoms in total. The maximum Gasteiger partial charge on any atom is 0.419 e. The van der Waals surface area contributed by atoms with Gasteiger partial charge < -0.3 is 9.47 Å². The van der Waals surface area contributed by atoms with Gasteiger partial charge in [0.05, 0.1) is 12.1 Å². The zero-order chi connectivity index (χ0) is 16.2. The van der Waals surface area contributed by atoms with Crippen molar-refractivity contribution < 1.29 is 19.1 Å². The Morgan fingerprint density at radius 2 is 1.82 bits per heavy atom. The maximum atomic E-state index is 12.1. The number of benzene rings is 1. The van der Waals surface area contributed by atoms with E-state index in [0.717, 1.165) is 0 Å². The van der Waals surface area contributed by atoms with Crippen molar-refractivity contribution >= 4 is 12.1 Å². The SMILES string of the molecule is CC(C)(C)OC(=O)C1=CC=CN(C(=O)Oc2ccccc2)C1. The molecule has 0 spiro atoms. The molecule has 1 aromatic rings. The van der Waals surface area contributed by atoms with Crippen molar-refractivity contribution in [3.05, 3.63) is 54.3 Å². The number of allylic oxidation sites excluding steroid dienone is 2. The van der Waals surface area contributed by atoms with E-state index in [9.17, 15) is 9.59 Å². The van der Waals surface area contributed by atoms with Gasteiger partial charge in [0.15, 0.2) is 0 Å². The average molecular weight is 301 g/mol. The molecule has 1 aliphatic heterocycles. The van der Waals surface area contributed by atoms with Crippen LogP contribution in [0.25, 0.3) is 0 Å². The van der Waals surface area contributed by atoms with E-state index < -0.39 is 17.7 Å². The molecule has 22 heavy (non-hydrogen) atoms. The van der Waals surface area contributed by atoms with Gasteiger partial charge in [0.25, 0.3) is 0 Å². The Morgan fingerprint density at radius 3 is 2.45 bits per heavy atom. The summed E-state index contributed by atoms with van der Waals surface area (Å²) < 4.78 is 10.5. The van der Waals surface area contributed by atoms with E-state index in [1.165, 1.54) is 4.90 Å². The van der Waals surface area contributed by atoms with E-state index >= 15 is 0 Å². The number of nitrogens with zero attached hydrogens (tertiary/aromatic N) is 1. The van der Waals surface area contributed by atoms with Crippen LogP contribution in [-0.4, -0.2) is 29.1 Å². The summed E-state index contributed by atoms with van der Waals surface area (Å²) in [5.41, 5.74) is -0.170. The van der Waals surface area contributed by atoms with Gasteiger partial charge in [0, 0.05) is 6.20 Å². The Morgan fingerprint density at radius 1 is 1.14 bits per heavy atom. The third-order valence-electron chi connectivity index (χ3n) is 2.75. The molecule has 1 amide bonds. The van der Waals surface area contributed by atoms with Crippen molar-refractivity contribution in [2.24, 2.45) is 0 Å². The van der Waals surface area contributed by atoms with Crippen LogP contribution in [0, 0.1) is 0 Å². The molecule has 1 aromatic carbocycles. The van der Waals surface area contributed by atoms with Crippen LogP contribution >= 0.6 is 0 Å². The first-order valence-electron chi connectivity index (χ1n) is 6.99. The molecule has 116 valence electrons. The van der Waals surface area contributed by atoms with Crippen LogP contribution in [0.3, 0.4) is 0 Å². The molecule has 0 radical (unpaired) electrons. The monoisotopic (exact) mass is 301 g/mol.